The molecule has 6 heteroatoms. The first kappa shape index (κ1) is 22.0. The van der Waals surface area contributed by atoms with Crippen molar-refractivity contribution < 1.29 is 4.74 Å². The Kier molecular flexibility index (Phi) is 10.9. The molecular weight excluding hydrogens is 427 g/mol. The second kappa shape index (κ2) is 12.4. The maximum Gasteiger partial charge on any atom is 0.191 e. The van der Waals surface area contributed by atoms with Gasteiger partial charge in [-0.05, 0) is 57.5 Å². The number of piperidine rings is 1. The van der Waals surface area contributed by atoms with Crippen molar-refractivity contribution in [3.63, 3.8) is 0 Å². The van der Waals surface area contributed by atoms with Gasteiger partial charge in [-0.3, -0.25) is 9.89 Å². The first-order chi connectivity index (χ1) is 11.8. The fraction of sp³-hybridized carbons (Fsp3) is 0.632. The molecule has 0 radical (unpaired) electrons. The van der Waals surface area contributed by atoms with E-state index in [1.807, 2.05) is 12.1 Å². The van der Waals surface area contributed by atoms with Gasteiger partial charge in [-0.15, -0.1) is 24.0 Å². The summed E-state index contributed by atoms with van der Waals surface area (Å²) in [5.41, 5.74) is 1.31. The Bertz CT molecular complexity index is 493. The molecule has 1 aliphatic heterocycles. The van der Waals surface area contributed by atoms with Crippen molar-refractivity contribution >= 4 is 29.9 Å². The number of benzene rings is 1. The average molecular weight is 460 g/mol. The number of ether oxygens (including phenoxy) is 1. The molecule has 142 valence electrons. The van der Waals surface area contributed by atoms with E-state index in [-0.39, 0.29) is 24.0 Å². The van der Waals surface area contributed by atoms with Crippen LogP contribution in [0.15, 0.2) is 29.3 Å². The highest BCUT2D eigenvalue weighted by Gasteiger charge is 2.22. The van der Waals surface area contributed by atoms with Crippen LogP contribution in [0.1, 0.15) is 44.7 Å². The molecule has 25 heavy (non-hydrogen) atoms. The number of guanidine groups is 1. The number of hydrogen-bond donors (Lipinski definition) is 2. The number of halogens is 1. The Morgan fingerprint density at radius 1 is 1.08 bits per heavy atom. The maximum atomic E-state index is 5.30. The summed E-state index contributed by atoms with van der Waals surface area (Å²) in [7, 11) is 1.71. The van der Waals surface area contributed by atoms with Crippen molar-refractivity contribution in [2.45, 2.75) is 39.2 Å². The van der Waals surface area contributed by atoms with Gasteiger partial charge in [0.25, 0.3) is 0 Å². The molecule has 2 N–H and O–H groups in total. The Hall–Kier alpha value is -1.02. The van der Waals surface area contributed by atoms with E-state index in [0.717, 1.165) is 44.4 Å². The summed E-state index contributed by atoms with van der Waals surface area (Å²) in [6, 6.07) is 8.77. The summed E-state index contributed by atoms with van der Waals surface area (Å²) in [4.78, 5) is 7.39. The van der Waals surface area contributed by atoms with E-state index in [1.54, 1.807) is 7.11 Å². The van der Waals surface area contributed by atoms with Crippen LogP contribution in [0.5, 0.6) is 5.75 Å². The molecule has 2 rings (SSSR count). The second-order valence-electron chi connectivity index (χ2n) is 6.14. The second-order valence-corrected chi connectivity index (χ2v) is 6.14. The van der Waals surface area contributed by atoms with E-state index in [1.165, 1.54) is 24.8 Å². The van der Waals surface area contributed by atoms with Crippen LogP contribution < -0.4 is 15.4 Å². The summed E-state index contributed by atoms with van der Waals surface area (Å²) in [5, 5.41) is 6.62. The van der Waals surface area contributed by atoms with Crippen LogP contribution >= 0.6 is 24.0 Å². The van der Waals surface area contributed by atoms with Gasteiger partial charge in [-0.25, -0.2) is 0 Å². The molecular formula is C19H33IN4O. The van der Waals surface area contributed by atoms with Crippen molar-refractivity contribution in [2.75, 3.05) is 39.8 Å². The molecule has 0 aliphatic carbocycles. The van der Waals surface area contributed by atoms with E-state index in [9.17, 15) is 0 Å². The number of nitrogens with zero attached hydrogens (tertiary/aromatic N) is 2. The molecule has 0 spiro atoms. The summed E-state index contributed by atoms with van der Waals surface area (Å²) < 4.78 is 5.30. The average Bonchev–Trinajstić information content (AvgIpc) is 2.63. The van der Waals surface area contributed by atoms with Crippen molar-refractivity contribution in [3.05, 3.63) is 29.8 Å². The number of likely N-dealkylation sites (tertiary alicyclic amines) is 1. The van der Waals surface area contributed by atoms with Gasteiger partial charge in [0.05, 0.1) is 19.7 Å². The normalized spacial score (nSPS) is 15.6. The summed E-state index contributed by atoms with van der Waals surface area (Å²) in [6.07, 6.45) is 3.91. The lowest BCUT2D eigenvalue weighted by Crippen LogP contribution is -2.39. The quantitative estimate of drug-likeness (QED) is 0.372. The largest absolute Gasteiger partial charge is 0.497 e. The van der Waals surface area contributed by atoms with Gasteiger partial charge in [0.2, 0.25) is 0 Å². The molecule has 0 bridgehead atoms. The lowest BCUT2D eigenvalue weighted by molar-refractivity contribution is 0.167. The van der Waals surface area contributed by atoms with Crippen LogP contribution in [0.4, 0.5) is 0 Å². The molecule has 1 saturated heterocycles. The highest BCUT2D eigenvalue weighted by Crippen LogP contribution is 2.26. The van der Waals surface area contributed by atoms with Crippen molar-refractivity contribution in [1.29, 1.82) is 0 Å². The van der Waals surface area contributed by atoms with Crippen molar-refractivity contribution in [3.8, 4) is 5.75 Å². The molecule has 1 heterocycles. The van der Waals surface area contributed by atoms with E-state index >= 15 is 0 Å². The molecule has 0 aromatic heterocycles. The SMILES string of the molecule is CCNC(=NCC(c1ccc(OC)cc1)N1CCCCC1)NCC.I. The Morgan fingerprint density at radius 2 is 1.68 bits per heavy atom. The fourth-order valence-corrected chi connectivity index (χ4v) is 3.17. The summed E-state index contributed by atoms with van der Waals surface area (Å²) >= 11 is 0. The Balaban J connectivity index is 0.00000312. The third-order valence-electron chi connectivity index (χ3n) is 4.44. The standard InChI is InChI=1S/C19H32N4O.HI/c1-4-20-19(21-5-2)22-15-18(23-13-7-6-8-14-23)16-9-11-17(24-3)12-10-16;/h9-12,18H,4-8,13-15H2,1-3H3,(H2,20,21,22);1H. The highest BCUT2D eigenvalue weighted by molar-refractivity contribution is 14.0. The molecule has 5 nitrogen and oxygen atoms in total. The smallest absolute Gasteiger partial charge is 0.191 e. The van der Waals surface area contributed by atoms with Crippen LogP contribution in [0.3, 0.4) is 0 Å². The maximum absolute atomic E-state index is 5.30. The number of aliphatic imine (C=N–C) groups is 1. The zero-order chi connectivity index (χ0) is 17.2. The molecule has 1 aromatic carbocycles. The highest BCUT2D eigenvalue weighted by atomic mass is 127. The number of methoxy groups -OCH3 is 1. The number of hydrogen-bond acceptors (Lipinski definition) is 3. The molecule has 0 saturated carbocycles. The Morgan fingerprint density at radius 3 is 2.20 bits per heavy atom. The van der Waals surface area contributed by atoms with E-state index in [4.69, 9.17) is 9.73 Å². The van der Waals surface area contributed by atoms with Crippen LogP contribution in [0, 0.1) is 0 Å². The first-order valence-corrected chi connectivity index (χ1v) is 9.18. The molecule has 1 aromatic rings. The van der Waals surface area contributed by atoms with Gasteiger partial charge >= 0.3 is 0 Å². The summed E-state index contributed by atoms with van der Waals surface area (Å²) in [6.45, 7) is 9.03. The van der Waals surface area contributed by atoms with Gasteiger partial charge in [-0.2, -0.15) is 0 Å². The third-order valence-corrected chi connectivity index (χ3v) is 4.44. The van der Waals surface area contributed by atoms with Crippen molar-refractivity contribution in [1.82, 2.24) is 15.5 Å². The minimum atomic E-state index is 0. The zero-order valence-electron chi connectivity index (χ0n) is 15.8. The Labute approximate surface area is 169 Å². The van der Waals surface area contributed by atoms with Crippen molar-refractivity contribution in [2.24, 2.45) is 4.99 Å². The fourth-order valence-electron chi connectivity index (χ4n) is 3.17. The van der Waals surface area contributed by atoms with E-state index < -0.39 is 0 Å². The molecule has 0 amide bonds. The molecule has 1 aliphatic rings. The predicted octanol–water partition coefficient (Wildman–Crippen LogP) is 3.42. The van der Waals surface area contributed by atoms with Gasteiger partial charge < -0.3 is 15.4 Å². The van der Waals surface area contributed by atoms with Crippen LogP contribution in [0.25, 0.3) is 0 Å². The third kappa shape index (κ3) is 7.01. The van der Waals surface area contributed by atoms with E-state index in [2.05, 4.69) is 41.5 Å². The van der Waals surface area contributed by atoms with Gasteiger partial charge in [0.1, 0.15) is 5.75 Å². The molecule has 1 fully saturated rings. The van der Waals surface area contributed by atoms with Gasteiger partial charge in [0, 0.05) is 13.1 Å². The number of rotatable bonds is 7. The monoisotopic (exact) mass is 460 g/mol. The van der Waals surface area contributed by atoms with Crippen LogP contribution in [-0.4, -0.2) is 50.7 Å². The number of nitrogens with one attached hydrogen (secondary N) is 2. The summed E-state index contributed by atoms with van der Waals surface area (Å²) in [5.74, 6) is 1.80. The topological polar surface area (TPSA) is 48.9 Å². The van der Waals surface area contributed by atoms with Gasteiger partial charge in [0.15, 0.2) is 5.96 Å². The first-order valence-electron chi connectivity index (χ1n) is 9.18. The minimum Gasteiger partial charge on any atom is -0.497 e. The lowest BCUT2D eigenvalue weighted by atomic mass is 10.0. The molecule has 1 atom stereocenters. The lowest BCUT2D eigenvalue weighted by Gasteiger charge is -2.34. The minimum absolute atomic E-state index is 0. The van der Waals surface area contributed by atoms with Crippen LogP contribution in [0.2, 0.25) is 0 Å². The van der Waals surface area contributed by atoms with Gasteiger partial charge in [-0.1, -0.05) is 18.6 Å². The van der Waals surface area contributed by atoms with E-state index in [0.29, 0.717) is 6.04 Å². The predicted molar refractivity (Wildman–Crippen MR) is 116 cm³/mol. The zero-order valence-corrected chi connectivity index (χ0v) is 18.1. The van der Waals surface area contributed by atoms with Crippen LogP contribution in [-0.2, 0) is 0 Å². The molecule has 1 unspecified atom stereocenters.